The number of nitrogens with two attached hydrogens (primary N) is 2. The number of nitrogens with one attached hydrogen (secondary N) is 1. The summed E-state index contributed by atoms with van der Waals surface area (Å²) in [7, 11) is 0. The molecule has 0 aliphatic rings. The summed E-state index contributed by atoms with van der Waals surface area (Å²) in [6.45, 7) is 1.45. The second-order valence-corrected chi connectivity index (χ2v) is 4.23. The van der Waals surface area contributed by atoms with Gasteiger partial charge in [-0.25, -0.2) is 13.8 Å². The van der Waals surface area contributed by atoms with Gasteiger partial charge in [-0.1, -0.05) is 0 Å². The largest absolute Gasteiger partial charge is 0.397 e. The molecule has 1 aromatic carbocycles. The fraction of sp³-hybridized carbons (Fsp3) is 0.0769. The van der Waals surface area contributed by atoms with Gasteiger partial charge < -0.3 is 16.8 Å². The van der Waals surface area contributed by atoms with Gasteiger partial charge in [-0.2, -0.15) is 0 Å². The van der Waals surface area contributed by atoms with Crippen molar-refractivity contribution in [1.29, 1.82) is 0 Å². The summed E-state index contributed by atoms with van der Waals surface area (Å²) >= 11 is 0. The van der Waals surface area contributed by atoms with Crippen LogP contribution in [0.4, 0.5) is 26.0 Å². The molecule has 0 atom stereocenters. The van der Waals surface area contributed by atoms with Crippen LogP contribution in [-0.4, -0.2) is 10.9 Å². The maximum Gasteiger partial charge on any atom is 0.250 e. The van der Waals surface area contributed by atoms with E-state index in [2.05, 4.69) is 10.3 Å². The summed E-state index contributed by atoms with van der Waals surface area (Å²) in [5.74, 6) is -1.79. The first-order valence-electron chi connectivity index (χ1n) is 5.66. The Morgan fingerprint density at radius 3 is 2.60 bits per heavy atom. The average molecular weight is 278 g/mol. The molecule has 1 amide bonds. The lowest BCUT2D eigenvalue weighted by Crippen LogP contribution is -2.14. The number of pyridine rings is 1. The molecule has 5 N–H and O–H groups in total. The highest BCUT2D eigenvalue weighted by Crippen LogP contribution is 2.23. The zero-order valence-electron chi connectivity index (χ0n) is 10.6. The van der Waals surface area contributed by atoms with E-state index in [0.29, 0.717) is 0 Å². The molecular weight excluding hydrogens is 266 g/mol. The SMILES string of the molecule is Cc1cc(F)c(Nc2cc(C(N)=O)c(N)cn2)cc1F. The Balaban J connectivity index is 2.38. The van der Waals surface area contributed by atoms with Gasteiger partial charge in [0.15, 0.2) is 0 Å². The van der Waals surface area contributed by atoms with Crippen LogP contribution in [0.15, 0.2) is 24.4 Å². The van der Waals surface area contributed by atoms with E-state index < -0.39 is 17.5 Å². The number of aromatic nitrogens is 1. The highest BCUT2D eigenvalue weighted by atomic mass is 19.1. The van der Waals surface area contributed by atoms with Crippen molar-refractivity contribution in [3.05, 3.63) is 47.2 Å². The molecule has 0 aliphatic carbocycles. The normalized spacial score (nSPS) is 10.3. The molecule has 1 aromatic heterocycles. The van der Waals surface area contributed by atoms with Crippen molar-refractivity contribution in [2.45, 2.75) is 6.92 Å². The minimum atomic E-state index is -0.733. The number of nitrogen functional groups attached to an aromatic ring is 1. The Labute approximate surface area is 113 Å². The zero-order valence-corrected chi connectivity index (χ0v) is 10.6. The van der Waals surface area contributed by atoms with Crippen molar-refractivity contribution >= 4 is 23.1 Å². The van der Waals surface area contributed by atoms with Crippen molar-refractivity contribution in [3.8, 4) is 0 Å². The number of aryl methyl sites for hydroxylation is 1. The number of carbonyl (C=O) groups is 1. The lowest BCUT2D eigenvalue weighted by atomic mass is 10.2. The zero-order chi connectivity index (χ0) is 14.9. The van der Waals surface area contributed by atoms with Crippen LogP contribution in [-0.2, 0) is 0 Å². The summed E-state index contributed by atoms with van der Waals surface area (Å²) < 4.78 is 27.1. The predicted molar refractivity (Wildman–Crippen MR) is 71.5 cm³/mol. The van der Waals surface area contributed by atoms with E-state index in [9.17, 15) is 13.6 Å². The van der Waals surface area contributed by atoms with E-state index in [4.69, 9.17) is 11.5 Å². The second-order valence-electron chi connectivity index (χ2n) is 4.23. The van der Waals surface area contributed by atoms with Crippen LogP contribution in [0.5, 0.6) is 0 Å². The highest BCUT2D eigenvalue weighted by Gasteiger charge is 2.11. The quantitative estimate of drug-likeness (QED) is 0.801. The molecule has 0 aliphatic heterocycles. The Bertz CT molecular complexity index is 688. The molecule has 0 saturated carbocycles. The molecule has 0 bridgehead atoms. The summed E-state index contributed by atoms with van der Waals surface area (Å²) in [6.07, 6.45) is 1.21. The molecule has 0 spiro atoms. The number of primary amides is 1. The highest BCUT2D eigenvalue weighted by molar-refractivity contribution is 5.98. The molecule has 7 heteroatoms. The van der Waals surface area contributed by atoms with Crippen molar-refractivity contribution in [1.82, 2.24) is 4.98 Å². The minimum Gasteiger partial charge on any atom is -0.397 e. The maximum atomic E-state index is 13.7. The summed E-state index contributed by atoms with van der Waals surface area (Å²) in [5.41, 5.74) is 10.9. The molecule has 2 aromatic rings. The summed E-state index contributed by atoms with van der Waals surface area (Å²) in [6, 6.07) is 3.34. The topological polar surface area (TPSA) is 94.0 Å². The van der Waals surface area contributed by atoms with Crippen LogP contribution in [0.1, 0.15) is 15.9 Å². The first-order valence-corrected chi connectivity index (χ1v) is 5.66. The van der Waals surface area contributed by atoms with E-state index in [1.807, 2.05) is 0 Å². The van der Waals surface area contributed by atoms with Crippen LogP contribution in [0, 0.1) is 18.6 Å². The van der Waals surface area contributed by atoms with Gasteiger partial charge in [-0.3, -0.25) is 4.79 Å². The third-order valence-corrected chi connectivity index (χ3v) is 2.71. The van der Waals surface area contributed by atoms with Crippen LogP contribution < -0.4 is 16.8 Å². The molecule has 0 saturated heterocycles. The fourth-order valence-corrected chi connectivity index (χ4v) is 1.63. The van der Waals surface area contributed by atoms with Crippen LogP contribution in [0.2, 0.25) is 0 Å². The van der Waals surface area contributed by atoms with Crippen molar-refractivity contribution in [2.24, 2.45) is 5.73 Å². The van der Waals surface area contributed by atoms with Crippen LogP contribution in [0.25, 0.3) is 0 Å². The van der Waals surface area contributed by atoms with Gasteiger partial charge in [0, 0.05) is 6.07 Å². The van der Waals surface area contributed by atoms with Gasteiger partial charge in [-0.15, -0.1) is 0 Å². The standard InChI is InChI=1S/C13H12F2N4O/c1-6-2-9(15)11(4-8(6)14)19-12-3-7(13(17)20)10(16)5-18-12/h2-5H,16H2,1H3,(H2,17,20)(H,18,19). The van der Waals surface area contributed by atoms with E-state index in [0.717, 1.165) is 12.1 Å². The molecule has 0 unspecified atom stereocenters. The molecule has 0 radical (unpaired) electrons. The van der Waals surface area contributed by atoms with E-state index in [1.165, 1.54) is 19.2 Å². The smallest absolute Gasteiger partial charge is 0.250 e. The summed E-state index contributed by atoms with van der Waals surface area (Å²) in [4.78, 5) is 15.0. The number of hydrogen-bond acceptors (Lipinski definition) is 4. The van der Waals surface area contributed by atoms with Gasteiger partial charge in [0.1, 0.15) is 17.5 Å². The molecule has 0 fully saturated rings. The van der Waals surface area contributed by atoms with Crippen molar-refractivity contribution < 1.29 is 13.6 Å². The van der Waals surface area contributed by atoms with E-state index in [-0.39, 0.29) is 28.3 Å². The molecular formula is C13H12F2N4O. The van der Waals surface area contributed by atoms with Gasteiger partial charge in [0.25, 0.3) is 5.91 Å². The van der Waals surface area contributed by atoms with Crippen molar-refractivity contribution in [2.75, 3.05) is 11.1 Å². The predicted octanol–water partition coefficient (Wildman–Crippen LogP) is 2.09. The molecule has 104 valence electrons. The number of rotatable bonds is 3. The second kappa shape index (κ2) is 5.12. The van der Waals surface area contributed by atoms with Gasteiger partial charge in [0.05, 0.1) is 23.1 Å². The number of hydrogen-bond donors (Lipinski definition) is 3. The minimum absolute atomic E-state index is 0.0514. The number of halogens is 2. The number of anilines is 3. The number of benzene rings is 1. The lowest BCUT2D eigenvalue weighted by Gasteiger charge is -2.10. The Morgan fingerprint density at radius 1 is 1.25 bits per heavy atom. The van der Waals surface area contributed by atoms with Crippen LogP contribution in [0.3, 0.4) is 0 Å². The van der Waals surface area contributed by atoms with Gasteiger partial charge in [-0.05, 0) is 24.6 Å². The van der Waals surface area contributed by atoms with E-state index >= 15 is 0 Å². The van der Waals surface area contributed by atoms with Crippen LogP contribution >= 0.6 is 0 Å². The number of amides is 1. The maximum absolute atomic E-state index is 13.7. The Morgan fingerprint density at radius 2 is 1.95 bits per heavy atom. The van der Waals surface area contributed by atoms with E-state index in [1.54, 1.807) is 0 Å². The van der Waals surface area contributed by atoms with Crippen molar-refractivity contribution in [3.63, 3.8) is 0 Å². The fourth-order valence-electron chi connectivity index (χ4n) is 1.63. The molecule has 1 heterocycles. The first-order chi connectivity index (χ1) is 9.38. The average Bonchev–Trinajstić information content (AvgIpc) is 2.37. The Kier molecular flexibility index (Phi) is 3.51. The number of carbonyl (C=O) groups excluding carboxylic acids is 1. The third-order valence-electron chi connectivity index (χ3n) is 2.71. The molecule has 20 heavy (non-hydrogen) atoms. The first kappa shape index (κ1) is 13.7. The monoisotopic (exact) mass is 278 g/mol. The van der Waals surface area contributed by atoms with Gasteiger partial charge in [0.2, 0.25) is 0 Å². The van der Waals surface area contributed by atoms with Gasteiger partial charge >= 0.3 is 0 Å². The molecule has 5 nitrogen and oxygen atoms in total. The Hall–Kier alpha value is -2.70. The third kappa shape index (κ3) is 2.66. The number of nitrogens with zero attached hydrogens (tertiary/aromatic N) is 1. The molecule has 2 rings (SSSR count). The summed E-state index contributed by atoms with van der Waals surface area (Å²) in [5, 5.41) is 2.57. The lowest BCUT2D eigenvalue weighted by molar-refractivity contribution is 0.100.